The van der Waals surface area contributed by atoms with Crippen LogP contribution in [0, 0.1) is 5.92 Å². The molecule has 2 aromatic carbocycles. The number of likely N-dealkylation sites (N-methyl/N-ethyl adjacent to an activating group) is 1. The van der Waals surface area contributed by atoms with Crippen LogP contribution in [0.5, 0.6) is 0 Å². The summed E-state index contributed by atoms with van der Waals surface area (Å²) in [6.07, 6.45) is 3.95. The molecule has 4 atom stereocenters. The van der Waals surface area contributed by atoms with E-state index in [0.29, 0.717) is 18.7 Å². The van der Waals surface area contributed by atoms with Gasteiger partial charge >= 0.3 is 5.97 Å². The number of fused-ring (bicyclic) bond motifs is 2. The molecule has 4 rings (SSSR count). The van der Waals surface area contributed by atoms with Crippen LogP contribution < -0.4 is 0 Å². The van der Waals surface area contributed by atoms with Crippen molar-refractivity contribution < 1.29 is 9.53 Å². The molecule has 0 aromatic heterocycles. The van der Waals surface area contributed by atoms with E-state index in [1.54, 1.807) is 0 Å². The third-order valence-corrected chi connectivity index (χ3v) is 6.56. The lowest BCUT2D eigenvalue weighted by molar-refractivity contribution is -0.152. The van der Waals surface area contributed by atoms with E-state index in [-0.39, 0.29) is 17.8 Å². The first-order valence-corrected chi connectivity index (χ1v) is 10.2. The molecule has 0 amide bonds. The fraction of sp³-hybridized carbons (Fsp3) is 0.435. The van der Waals surface area contributed by atoms with Crippen LogP contribution in [-0.2, 0) is 16.0 Å². The predicted octanol–water partition coefficient (Wildman–Crippen LogP) is 4.69. The van der Waals surface area contributed by atoms with Crippen molar-refractivity contribution >= 4 is 17.6 Å². The van der Waals surface area contributed by atoms with Gasteiger partial charge in [-0.3, -0.25) is 9.69 Å². The van der Waals surface area contributed by atoms with Crippen LogP contribution in [0.15, 0.2) is 54.6 Å². The number of rotatable bonds is 5. The largest absolute Gasteiger partial charge is 0.465 e. The fourth-order valence-electron chi connectivity index (χ4n) is 4.87. The van der Waals surface area contributed by atoms with Crippen molar-refractivity contribution in [3.05, 3.63) is 70.7 Å². The molecule has 4 heteroatoms. The quantitative estimate of drug-likeness (QED) is 0.701. The first kappa shape index (κ1) is 18.5. The van der Waals surface area contributed by atoms with E-state index in [2.05, 4.69) is 36.2 Å². The molecule has 0 spiro atoms. The van der Waals surface area contributed by atoms with Crippen molar-refractivity contribution in [1.29, 1.82) is 0 Å². The highest BCUT2D eigenvalue weighted by atomic mass is 35.5. The second-order valence-corrected chi connectivity index (χ2v) is 8.22. The zero-order chi connectivity index (χ0) is 18.8. The molecule has 2 aliphatic rings. The van der Waals surface area contributed by atoms with E-state index >= 15 is 0 Å². The maximum atomic E-state index is 13.0. The van der Waals surface area contributed by atoms with Crippen molar-refractivity contribution in [2.75, 3.05) is 13.7 Å². The molecule has 2 aliphatic heterocycles. The number of benzene rings is 2. The molecule has 2 bridgehead atoms. The van der Waals surface area contributed by atoms with Crippen LogP contribution in [-0.4, -0.2) is 36.6 Å². The Morgan fingerprint density at radius 1 is 1.11 bits per heavy atom. The summed E-state index contributed by atoms with van der Waals surface area (Å²) in [5, 5.41) is 0.731. The van der Waals surface area contributed by atoms with Gasteiger partial charge in [0.05, 0.1) is 12.5 Å². The van der Waals surface area contributed by atoms with Crippen molar-refractivity contribution in [3.63, 3.8) is 0 Å². The van der Waals surface area contributed by atoms with Gasteiger partial charge in [0.25, 0.3) is 0 Å². The summed E-state index contributed by atoms with van der Waals surface area (Å²) >= 11 is 6.08. The van der Waals surface area contributed by atoms with Gasteiger partial charge in [-0.15, -0.1) is 0 Å². The number of hydrogen-bond acceptors (Lipinski definition) is 3. The summed E-state index contributed by atoms with van der Waals surface area (Å²) in [4.78, 5) is 15.5. The van der Waals surface area contributed by atoms with Crippen LogP contribution in [0.1, 0.15) is 36.3 Å². The smallest absolute Gasteiger partial charge is 0.309 e. The number of esters is 1. The first-order valence-electron chi connectivity index (χ1n) is 9.81. The Morgan fingerprint density at radius 2 is 1.85 bits per heavy atom. The molecule has 2 unspecified atom stereocenters. The molecule has 0 radical (unpaired) electrons. The molecule has 0 saturated carbocycles. The van der Waals surface area contributed by atoms with Crippen LogP contribution in [0.4, 0.5) is 0 Å². The van der Waals surface area contributed by atoms with Crippen LogP contribution >= 0.6 is 11.6 Å². The van der Waals surface area contributed by atoms with Crippen molar-refractivity contribution in [2.45, 2.75) is 43.7 Å². The molecule has 2 saturated heterocycles. The third-order valence-electron chi connectivity index (χ3n) is 6.30. The zero-order valence-electron chi connectivity index (χ0n) is 15.7. The lowest BCUT2D eigenvalue weighted by Crippen LogP contribution is -2.48. The minimum Gasteiger partial charge on any atom is -0.465 e. The van der Waals surface area contributed by atoms with E-state index in [4.69, 9.17) is 16.3 Å². The normalized spacial score (nSPS) is 27.5. The summed E-state index contributed by atoms with van der Waals surface area (Å²) in [6.45, 7) is 0.442. The average Bonchev–Trinajstić information content (AvgIpc) is 2.91. The predicted molar refractivity (Wildman–Crippen MR) is 108 cm³/mol. The number of piperidine rings is 1. The first-order chi connectivity index (χ1) is 13.1. The molecule has 2 fully saturated rings. The highest BCUT2D eigenvalue weighted by Gasteiger charge is 2.49. The molecule has 27 heavy (non-hydrogen) atoms. The molecular formula is C23H26ClNO2. The Labute approximate surface area is 166 Å². The van der Waals surface area contributed by atoms with Gasteiger partial charge < -0.3 is 4.74 Å². The maximum absolute atomic E-state index is 13.0. The van der Waals surface area contributed by atoms with Crippen LogP contribution in [0.25, 0.3) is 0 Å². The summed E-state index contributed by atoms with van der Waals surface area (Å²) in [5.41, 5.74) is 2.39. The summed E-state index contributed by atoms with van der Waals surface area (Å²) in [7, 11) is 2.20. The lowest BCUT2D eigenvalue weighted by atomic mass is 9.76. The van der Waals surface area contributed by atoms with Crippen molar-refractivity contribution in [2.24, 2.45) is 5.92 Å². The highest BCUT2D eigenvalue weighted by molar-refractivity contribution is 6.30. The number of nitrogens with zero attached hydrogens (tertiary/aromatic N) is 1. The topological polar surface area (TPSA) is 29.5 Å². The van der Waals surface area contributed by atoms with Gasteiger partial charge in [-0.05, 0) is 49.6 Å². The average molecular weight is 384 g/mol. The monoisotopic (exact) mass is 383 g/mol. The zero-order valence-corrected chi connectivity index (χ0v) is 16.4. The summed E-state index contributed by atoms with van der Waals surface area (Å²) in [5.74, 6) is 0.0572. The third kappa shape index (κ3) is 3.90. The Balaban J connectivity index is 1.48. The van der Waals surface area contributed by atoms with Crippen molar-refractivity contribution in [3.8, 4) is 0 Å². The van der Waals surface area contributed by atoms with Crippen LogP contribution in [0.3, 0.4) is 0 Å². The highest BCUT2D eigenvalue weighted by Crippen LogP contribution is 2.47. The number of hydrogen-bond donors (Lipinski definition) is 0. The number of carbonyl (C=O) groups is 1. The Morgan fingerprint density at radius 3 is 2.59 bits per heavy atom. The van der Waals surface area contributed by atoms with Gasteiger partial charge in [0.1, 0.15) is 0 Å². The molecule has 0 N–H and O–H groups in total. The number of carbonyl (C=O) groups excluding carboxylic acids is 1. The van der Waals surface area contributed by atoms with Gasteiger partial charge in [-0.1, -0.05) is 54.1 Å². The number of halogens is 1. The minimum atomic E-state index is -0.0735. The van der Waals surface area contributed by atoms with Crippen LogP contribution in [0.2, 0.25) is 5.02 Å². The Kier molecular flexibility index (Phi) is 5.51. The van der Waals surface area contributed by atoms with Gasteiger partial charge in [0.2, 0.25) is 0 Å². The van der Waals surface area contributed by atoms with Gasteiger partial charge in [-0.25, -0.2) is 0 Å². The van der Waals surface area contributed by atoms with E-state index in [1.807, 2.05) is 30.3 Å². The standard InChI is InChI=1S/C23H26ClNO2/c1-25-19-11-12-21(25)22(17-7-9-18(24)10-8-17)20(15-19)23(26)27-14-13-16-5-3-2-4-6-16/h2-10,19-22H,11-15H2,1H3/t19-,20?,21+,22?/m1/s1. The lowest BCUT2D eigenvalue weighted by Gasteiger charge is -2.42. The number of ether oxygens (including phenoxy) is 1. The molecule has 142 valence electrons. The summed E-state index contributed by atoms with van der Waals surface area (Å²) < 4.78 is 5.74. The minimum absolute atomic E-state index is 0.0455. The SMILES string of the molecule is CN1[C@@H]2CC[C@H]1C(c1ccc(Cl)cc1)C(C(=O)OCCc1ccccc1)C2. The fourth-order valence-corrected chi connectivity index (χ4v) is 5.00. The molecular weight excluding hydrogens is 358 g/mol. The van der Waals surface area contributed by atoms with E-state index in [1.165, 1.54) is 17.5 Å². The molecule has 0 aliphatic carbocycles. The van der Waals surface area contributed by atoms with E-state index in [0.717, 1.165) is 24.3 Å². The van der Waals surface area contributed by atoms with E-state index in [9.17, 15) is 4.79 Å². The summed E-state index contributed by atoms with van der Waals surface area (Å²) in [6, 6.07) is 19.1. The maximum Gasteiger partial charge on any atom is 0.309 e. The van der Waals surface area contributed by atoms with Gasteiger partial charge in [0.15, 0.2) is 0 Å². The molecule has 2 aromatic rings. The second-order valence-electron chi connectivity index (χ2n) is 7.79. The Hall–Kier alpha value is -1.84. The second kappa shape index (κ2) is 8.04. The van der Waals surface area contributed by atoms with E-state index < -0.39 is 0 Å². The van der Waals surface area contributed by atoms with Gasteiger partial charge in [0, 0.05) is 29.4 Å². The Bertz CT molecular complexity index is 777. The molecule has 3 nitrogen and oxygen atoms in total. The van der Waals surface area contributed by atoms with Crippen molar-refractivity contribution in [1.82, 2.24) is 4.90 Å². The van der Waals surface area contributed by atoms with Gasteiger partial charge in [-0.2, -0.15) is 0 Å². The molecule has 2 heterocycles.